The minimum atomic E-state index is 0.109. The van der Waals surface area contributed by atoms with Gasteiger partial charge < -0.3 is 15.5 Å². The summed E-state index contributed by atoms with van der Waals surface area (Å²) in [4.78, 5) is 4.87. The summed E-state index contributed by atoms with van der Waals surface area (Å²) in [6, 6.07) is 9.62. The average Bonchev–Trinajstić information content (AvgIpc) is 2.48. The topological polar surface area (TPSA) is 32.5 Å². The molecule has 0 radical (unpaired) electrons. The molecule has 2 unspecified atom stereocenters. The van der Waals surface area contributed by atoms with Gasteiger partial charge in [-0.2, -0.15) is 0 Å². The van der Waals surface area contributed by atoms with Gasteiger partial charge in [-0.25, -0.2) is 0 Å². The number of hydrogen-bond donors (Lipinski definition) is 1. The molecule has 1 aromatic carbocycles. The number of likely N-dealkylation sites (tertiary alicyclic amines) is 1. The fourth-order valence-electron chi connectivity index (χ4n) is 3.28. The fourth-order valence-corrected chi connectivity index (χ4v) is 3.28. The number of nitrogens with two attached hydrogens (primary N) is 1. The third-order valence-corrected chi connectivity index (χ3v) is 4.65. The maximum atomic E-state index is 6.41. The van der Waals surface area contributed by atoms with Crippen LogP contribution in [0.3, 0.4) is 0 Å². The van der Waals surface area contributed by atoms with E-state index in [9.17, 15) is 0 Å². The first-order chi connectivity index (χ1) is 10.1. The zero-order chi connectivity index (χ0) is 15.2. The van der Waals surface area contributed by atoms with Crippen LogP contribution in [0.2, 0.25) is 0 Å². The van der Waals surface area contributed by atoms with Gasteiger partial charge in [0.1, 0.15) is 0 Å². The third kappa shape index (κ3) is 4.80. The minimum Gasteiger partial charge on any atom is -0.323 e. The Morgan fingerprint density at radius 3 is 2.67 bits per heavy atom. The highest BCUT2D eigenvalue weighted by Gasteiger charge is 2.22. The van der Waals surface area contributed by atoms with Crippen molar-refractivity contribution in [3.8, 4) is 0 Å². The molecule has 118 valence electrons. The SMILES string of the molecule is CCCc1ccc(C(N)CN(C)C2CCCN(C)C2)cc1. The molecule has 21 heavy (non-hydrogen) atoms. The van der Waals surface area contributed by atoms with Gasteiger partial charge >= 0.3 is 0 Å². The molecule has 0 spiro atoms. The second kappa shape index (κ2) is 7.92. The molecule has 3 heteroatoms. The number of piperidine rings is 1. The molecular formula is C18H31N3. The van der Waals surface area contributed by atoms with E-state index in [0.29, 0.717) is 6.04 Å². The fraction of sp³-hybridized carbons (Fsp3) is 0.667. The average molecular weight is 289 g/mol. The van der Waals surface area contributed by atoms with Crippen LogP contribution in [0.25, 0.3) is 0 Å². The summed E-state index contributed by atoms with van der Waals surface area (Å²) in [5.41, 5.74) is 9.07. The number of rotatable bonds is 6. The summed E-state index contributed by atoms with van der Waals surface area (Å²) in [7, 11) is 4.43. The van der Waals surface area contributed by atoms with Gasteiger partial charge in [-0.05, 0) is 51.0 Å². The van der Waals surface area contributed by atoms with Crippen molar-refractivity contribution >= 4 is 0 Å². The normalized spacial score (nSPS) is 21.7. The predicted molar refractivity (Wildman–Crippen MR) is 90.5 cm³/mol. The van der Waals surface area contributed by atoms with Gasteiger partial charge in [0.05, 0.1) is 0 Å². The van der Waals surface area contributed by atoms with E-state index in [1.807, 2.05) is 0 Å². The van der Waals surface area contributed by atoms with E-state index in [1.165, 1.54) is 43.5 Å². The van der Waals surface area contributed by atoms with Gasteiger partial charge in [-0.15, -0.1) is 0 Å². The first kappa shape index (κ1) is 16.5. The molecule has 0 saturated carbocycles. The van der Waals surface area contributed by atoms with Crippen LogP contribution in [-0.4, -0.2) is 49.6 Å². The molecule has 1 aliphatic heterocycles. The zero-order valence-electron chi connectivity index (χ0n) is 13.9. The van der Waals surface area contributed by atoms with Crippen molar-refractivity contribution in [2.24, 2.45) is 5.73 Å². The number of benzene rings is 1. The van der Waals surface area contributed by atoms with Crippen LogP contribution in [0.15, 0.2) is 24.3 Å². The minimum absolute atomic E-state index is 0.109. The molecule has 0 amide bonds. The highest BCUT2D eigenvalue weighted by atomic mass is 15.2. The van der Waals surface area contributed by atoms with Crippen molar-refractivity contribution in [2.75, 3.05) is 33.7 Å². The molecule has 1 aromatic rings. The van der Waals surface area contributed by atoms with Crippen molar-refractivity contribution in [2.45, 2.75) is 44.7 Å². The highest BCUT2D eigenvalue weighted by molar-refractivity contribution is 5.25. The lowest BCUT2D eigenvalue weighted by atomic mass is 10.0. The molecule has 1 fully saturated rings. The largest absolute Gasteiger partial charge is 0.323 e. The molecule has 1 heterocycles. The van der Waals surface area contributed by atoms with E-state index in [-0.39, 0.29) is 6.04 Å². The van der Waals surface area contributed by atoms with Crippen molar-refractivity contribution < 1.29 is 0 Å². The second-order valence-electron chi connectivity index (χ2n) is 6.60. The molecule has 0 aromatic heterocycles. The molecule has 1 saturated heterocycles. The summed E-state index contributed by atoms with van der Waals surface area (Å²) in [5, 5.41) is 0. The molecular weight excluding hydrogens is 258 g/mol. The Labute approximate surface area is 130 Å². The van der Waals surface area contributed by atoms with Crippen molar-refractivity contribution in [3.63, 3.8) is 0 Å². The Kier molecular flexibility index (Phi) is 6.22. The number of hydrogen-bond acceptors (Lipinski definition) is 3. The van der Waals surface area contributed by atoms with E-state index in [0.717, 1.165) is 13.0 Å². The molecule has 0 bridgehead atoms. The lowest BCUT2D eigenvalue weighted by molar-refractivity contribution is 0.129. The number of likely N-dealkylation sites (N-methyl/N-ethyl adjacent to an activating group) is 2. The van der Waals surface area contributed by atoms with Crippen molar-refractivity contribution in [1.82, 2.24) is 9.80 Å². The smallest absolute Gasteiger partial charge is 0.0424 e. The van der Waals surface area contributed by atoms with Crippen LogP contribution in [0.5, 0.6) is 0 Å². The Morgan fingerprint density at radius 2 is 2.05 bits per heavy atom. The summed E-state index contributed by atoms with van der Waals surface area (Å²) in [5.74, 6) is 0. The standard InChI is InChI=1S/C18H31N3/c1-4-6-15-8-10-16(11-9-15)18(19)14-21(3)17-7-5-12-20(2)13-17/h8-11,17-18H,4-7,12-14,19H2,1-3H3. The van der Waals surface area contributed by atoms with Crippen LogP contribution in [0.1, 0.15) is 43.4 Å². The Morgan fingerprint density at radius 1 is 1.33 bits per heavy atom. The summed E-state index contributed by atoms with van der Waals surface area (Å²) >= 11 is 0. The van der Waals surface area contributed by atoms with Gasteiger partial charge in [-0.3, -0.25) is 0 Å². The zero-order valence-corrected chi connectivity index (χ0v) is 13.9. The highest BCUT2D eigenvalue weighted by Crippen LogP contribution is 2.18. The van der Waals surface area contributed by atoms with Crippen LogP contribution in [0.4, 0.5) is 0 Å². The van der Waals surface area contributed by atoms with Gasteiger partial charge in [0.2, 0.25) is 0 Å². The molecule has 2 rings (SSSR count). The van der Waals surface area contributed by atoms with Gasteiger partial charge in [-0.1, -0.05) is 37.6 Å². The monoisotopic (exact) mass is 289 g/mol. The van der Waals surface area contributed by atoms with Gasteiger partial charge in [0.15, 0.2) is 0 Å². The molecule has 3 nitrogen and oxygen atoms in total. The third-order valence-electron chi connectivity index (χ3n) is 4.65. The Balaban J connectivity index is 1.89. The van der Waals surface area contributed by atoms with E-state index in [2.05, 4.69) is 55.1 Å². The van der Waals surface area contributed by atoms with Gasteiger partial charge in [0, 0.05) is 25.2 Å². The Bertz CT molecular complexity index is 415. The van der Waals surface area contributed by atoms with Crippen LogP contribution >= 0.6 is 0 Å². The van der Waals surface area contributed by atoms with Crippen molar-refractivity contribution in [3.05, 3.63) is 35.4 Å². The van der Waals surface area contributed by atoms with Crippen LogP contribution in [-0.2, 0) is 6.42 Å². The van der Waals surface area contributed by atoms with Crippen LogP contribution in [0, 0.1) is 0 Å². The predicted octanol–water partition coefficient (Wildman–Crippen LogP) is 2.66. The second-order valence-corrected chi connectivity index (χ2v) is 6.60. The first-order valence-corrected chi connectivity index (χ1v) is 8.33. The summed E-state index contributed by atoms with van der Waals surface area (Å²) < 4.78 is 0. The number of nitrogens with zero attached hydrogens (tertiary/aromatic N) is 2. The van der Waals surface area contributed by atoms with E-state index in [1.54, 1.807) is 0 Å². The lowest BCUT2D eigenvalue weighted by Crippen LogP contribution is -2.46. The van der Waals surface area contributed by atoms with E-state index < -0.39 is 0 Å². The molecule has 2 atom stereocenters. The molecule has 2 N–H and O–H groups in total. The first-order valence-electron chi connectivity index (χ1n) is 8.33. The summed E-state index contributed by atoms with van der Waals surface area (Å²) in [6.45, 7) is 5.55. The number of aryl methyl sites for hydroxylation is 1. The van der Waals surface area contributed by atoms with E-state index in [4.69, 9.17) is 5.73 Å². The maximum Gasteiger partial charge on any atom is 0.0424 e. The lowest BCUT2D eigenvalue weighted by Gasteiger charge is -2.37. The van der Waals surface area contributed by atoms with E-state index >= 15 is 0 Å². The quantitative estimate of drug-likeness (QED) is 0.874. The molecule has 0 aliphatic carbocycles. The summed E-state index contributed by atoms with van der Waals surface area (Å²) in [6.07, 6.45) is 4.95. The van der Waals surface area contributed by atoms with Crippen molar-refractivity contribution in [1.29, 1.82) is 0 Å². The Hall–Kier alpha value is -0.900. The molecule has 1 aliphatic rings. The maximum absolute atomic E-state index is 6.41. The van der Waals surface area contributed by atoms with Gasteiger partial charge in [0.25, 0.3) is 0 Å². The van der Waals surface area contributed by atoms with Crippen LogP contribution < -0.4 is 5.73 Å².